The molecule has 2 heteroatoms. The molecular formula is C10H18N2. The van der Waals surface area contributed by atoms with Crippen LogP contribution in [0.2, 0.25) is 0 Å². The van der Waals surface area contributed by atoms with Crippen LogP contribution in [0.5, 0.6) is 0 Å². The minimum absolute atomic E-state index is 0.109. The normalized spacial score (nSPS) is 12.1. The van der Waals surface area contributed by atoms with E-state index in [9.17, 15) is 0 Å². The molecule has 0 unspecified atom stereocenters. The minimum atomic E-state index is 0.109. The number of nitrogens with zero attached hydrogens (tertiary/aromatic N) is 2. The van der Waals surface area contributed by atoms with E-state index in [1.165, 1.54) is 11.3 Å². The quantitative estimate of drug-likeness (QED) is 0.626. The molecule has 68 valence electrons. The van der Waals surface area contributed by atoms with E-state index in [0.717, 1.165) is 6.42 Å². The van der Waals surface area contributed by atoms with E-state index in [2.05, 4.69) is 44.4 Å². The van der Waals surface area contributed by atoms with Crippen molar-refractivity contribution in [3.05, 3.63) is 17.5 Å². The van der Waals surface area contributed by atoms with Crippen molar-refractivity contribution < 1.29 is 0 Å². The summed E-state index contributed by atoms with van der Waals surface area (Å²) in [4.78, 5) is 0. The van der Waals surface area contributed by atoms with E-state index in [1.807, 2.05) is 6.20 Å². The molecule has 0 atom stereocenters. The number of aryl methyl sites for hydroxylation is 1. The molecule has 0 N–H and O–H groups in total. The average molecular weight is 166 g/mol. The highest BCUT2D eigenvalue weighted by molar-refractivity contribution is 5.16. The molecule has 0 aliphatic carbocycles. The van der Waals surface area contributed by atoms with Crippen LogP contribution in [-0.4, -0.2) is 9.78 Å². The maximum Gasteiger partial charge on any atom is 0.0546 e. The molecule has 1 aromatic rings. The Bertz CT molecular complexity index is 266. The molecule has 0 saturated carbocycles. The second-order valence-corrected chi connectivity index (χ2v) is 4.19. The lowest BCUT2D eigenvalue weighted by molar-refractivity contribution is 0.347. The number of hydrogen-bond acceptors (Lipinski definition) is 1. The summed E-state index contributed by atoms with van der Waals surface area (Å²) in [6.07, 6.45) is 3.04. The number of aromatic nitrogens is 2. The number of hydrogen-bond donors (Lipinski definition) is 0. The van der Waals surface area contributed by atoms with Gasteiger partial charge in [-0.2, -0.15) is 5.10 Å². The van der Waals surface area contributed by atoms with Gasteiger partial charge in [0.15, 0.2) is 0 Å². The molecule has 1 heterocycles. The first-order valence-electron chi connectivity index (χ1n) is 4.50. The van der Waals surface area contributed by atoms with Crippen molar-refractivity contribution >= 4 is 0 Å². The van der Waals surface area contributed by atoms with Crippen LogP contribution in [0.15, 0.2) is 6.20 Å². The monoisotopic (exact) mass is 166 g/mol. The third-order valence-electron chi connectivity index (χ3n) is 2.13. The fourth-order valence-electron chi connectivity index (χ4n) is 1.47. The summed E-state index contributed by atoms with van der Waals surface area (Å²) in [7, 11) is 0. The molecule has 0 bridgehead atoms. The van der Waals surface area contributed by atoms with Crippen LogP contribution >= 0.6 is 0 Å². The first-order valence-corrected chi connectivity index (χ1v) is 4.50. The van der Waals surface area contributed by atoms with Gasteiger partial charge in [0.25, 0.3) is 0 Å². The van der Waals surface area contributed by atoms with Crippen molar-refractivity contribution in [1.29, 1.82) is 0 Å². The van der Waals surface area contributed by atoms with E-state index in [0.29, 0.717) is 0 Å². The van der Waals surface area contributed by atoms with Crippen LogP contribution in [0, 0.1) is 6.92 Å². The molecule has 0 spiro atoms. The Morgan fingerprint density at radius 1 is 1.42 bits per heavy atom. The summed E-state index contributed by atoms with van der Waals surface area (Å²) in [6, 6.07) is 0. The molecule has 0 aliphatic heterocycles. The van der Waals surface area contributed by atoms with Gasteiger partial charge >= 0.3 is 0 Å². The molecule has 0 radical (unpaired) electrons. The number of rotatable bonds is 1. The third kappa shape index (κ3) is 1.52. The molecule has 0 aromatic carbocycles. The van der Waals surface area contributed by atoms with Gasteiger partial charge in [0.2, 0.25) is 0 Å². The molecule has 0 aliphatic rings. The smallest absolute Gasteiger partial charge is 0.0546 e. The highest BCUT2D eigenvalue weighted by Gasteiger charge is 2.17. The van der Waals surface area contributed by atoms with Gasteiger partial charge in [-0.25, -0.2) is 0 Å². The van der Waals surface area contributed by atoms with Gasteiger partial charge in [-0.3, -0.25) is 4.68 Å². The lowest BCUT2D eigenvalue weighted by Crippen LogP contribution is -2.24. The fourth-order valence-corrected chi connectivity index (χ4v) is 1.47. The zero-order valence-electron chi connectivity index (χ0n) is 8.68. The van der Waals surface area contributed by atoms with E-state index in [4.69, 9.17) is 0 Å². The summed E-state index contributed by atoms with van der Waals surface area (Å²) in [5.41, 5.74) is 2.76. The van der Waals surface area contributed by atoms with Gasteiger partial charge in [0.05, 0.1) is 11.7 Å². The topological polar surface area (TPSA) is 17.8 Å². The van der Waals surface area contributed by atoms with Crippen LogP contribution in [0.25, 0.3) is 0 Å². The van der Waals surface area contributed by atoms with Crippen molar-refractivity contribution in [2.75, 3.05) is 0 Å². The molecule has 0 saturated heterocycles. The van der Waals surface area contributed by atoms with Crippen LogP contribution in [0.4, 0.5) is 0 Å². The standard InChI is InChI=1S/C10H18N2/c1-6-9-7-11-12(8(9)2)10(3,4)5/h7H,6H2,1-5H3. The van der Waals surface area contributed by atoms with Crippen molar-refractivity contribution in [3.8, 4) is 0 Å². The van der Waals surface area contributed by atoms with Crippen LogP contribution in [-0.2, 0) is 12.0 Å². The highest BCUT2D eigenvalue weighted by Crippen LogP contribution is 2.18. The Morgan fingerprint density at radius 3 is 2.25 bits per heavy atom. The maximum absolute atomic E-state index is 4.37. The Labute approximate surface area is 74.6 Å². The summed E-state index contributed by atoms with van der Waals surface area (Å²) in [5.74, 6) is 0. The molecule has 1 aromatic heterocycles. The largest absolute Gasteiger partial charge is 0.264 e. The lowest BCUT2D eigenvalue weighted by Gasteiger charge is -2.21. The van der Waals surface area contributed by atoms with E-state index in [-0.39, 0.29) is 5.54 Å². The predicted molar refractivity (Wildman–Crippen MR) is 51.3 cm³/mol. The van der Waals surface area contributed by atoms with Gasteiger partial charge < -0.3 is 0 Å². The highest BCUT2D eigenvalue weighted by atomic mass is 15.3. The first-order chi connectivity index (χ1) is 5.46. The zero-order valence-corrected chi connectivity index (χ0v) is 8.68. The predicted octanol–water partition coefficient (Wildman–Crippen LogP) is 2.51. The van der Waals surface area contributed by atoms with Crippen LogP contribution in [0.1, 0.15) is 39.0 Å². The van der Waals surface area contributed by atoms with E-state index in [1.54, 1.807) is 0 Å². The van der Waals surface area contributed by atoms with Crippen molar-refractivity contribution in [2.45, 2.75) is 46.6 Å². The van der Waals surface area contributed by atoms with E-state index < -0.39 is 0 Å². The molecule has 0 fully saturated rings. The van der Waals surface area contributed by atoms with Gasteiger partial charge in [0, 0.05) is 5.69 Å². The second kappa shape index (κ2) is 2.92. The molecule has 2 nitrogen and oxygen atoms in total. The Hall–Kier alpha value is -0.790. The summed E-state index contributed by atoms with van der Waals surface area (Å²) < 4.78 is 2.09. The van der Waals surface area contributed by atoms with Crippen LogP contribution in [0.3, 0.4) is 0 Å². The Kier molecular flexibility index (Phi) is 2.27. The first kappa shape index (κ1) is 9.30. The SMILES string of the molecule is CCc1cnn(C(C)(C)C)c1C. The minimum Gasteiger partial charge on any atom is -0.264 e. The van der Waals surface area contributed by atoms with Crippen LogP contribution < -0.4 is 0 Å². The maximum atomic E-state index is 4.37. The van der Waals surface area contributed by atoms with Gasteiger partial charge in [0.1, 0.15) is 0 Å². The molecule has 0 amide bonds. The van der Waals surface area contributed by atoms with E-state index >= 15 is 0 Å². The molecule has 1 rings (SSSR count). The Morgan fingerprint density at radius 2 is 2.00 bits per heavy atom. The average Bonchev–Trinajstić information content (AvgIpc) is 2.29. The summed E-state index contributed by atoms with van der Waals surface area (Å²) in [5, 5.41) is 4.37. The lowest BCUT2D eigenvalue weighted by atomic mass is 10.1. The summed E-state index contributed by atoms with van der Waals surface area (Å²) in [6.45, 7) is 10.8. The molecular weight excluding hydrogens is 148 g/mol. The van der Waals surface area contributed by atoms with Gasteiger partial charge in [-0.1, -0.05) is 6.92 Å². The zero-order chi connectivity index (χ0) is 9.35. The van der Waals surface area contributed by atoms with Crippen molar-refractivity contribution in [2.24, 2.45) is 0 Å². The third-order valence-corrected chi connectivity index (χ3v) is 2.13. The Balaban J connectivity index is 3.11. The summed E-state index contributed by atoms with van der Waals surface area (Å²) >= 11 is 0. The van der Waals surface area contributed by atoms with Gasteiger partial charge in [-0.05, 0) is 39.7 Å². The van der Waals surface area contributed by atoms with Crippen molar-refractivity contribution in [1.82, 2.24) is 9.78 Å². The van der Waals surface area contributed by atoms with Crippen molar-refractivity contribution in [3.63, 3.8) is 0 Å². The van der Waals surface area contributed by atoms with Gasteiger partial charge in [-0.15, -0.1) is 0 Å². The molecule has 12 heavy (non-hydrogen) atoms. The second-order valence-electron chi connectivity index (χ2n) is 4.19. The fraction of sp³-hybridized carbons (Fsp3) is 0.700.